The lowest BCUT2D eigenvalue weighted by atomic mass is 10.2. The zero-order valence-electron chi connectivity index (χ0n) is 17.7. The van der Waals surface area contributed by atoms with Crippen molar-refractivity contribution in [1.29, 1.82) is 0 Å². The normalized spacial score (nSPS) is 14.8. The van der Waals surface area contributed by atoms with E-state index >= 15 is 0 Å². The molecule has 2 aromatic carbocycles. The van der Waals surface area contributed by atoms with Crippen molar-refractivity contribution in [1.82, 2.24) is 25.1 Å². The number of hydrogen-bond acceptors (Lipinski definition) is 6. The average molecular weight is 407 g/mol. The van der Waals surface area contributed by atoms with Gasteiger partial charge in [0, 0.05) is 37.4 Å². The first-order valence-electron chi connectivity index (χ1n) is 10.8. The summed E-state index contributed by atoms with van der Waals surface area (Å²) < 4.78 is 5.25. The molecule has 0 saturated carbocycles. The van der Waals surface area contributed by atoms with E-state index in [4.69, 9.17) is 4.74 Å². The van der Waals surface area contributed by atoms with Gasteiger partial charge in [-0.05, 0) is 48.9 Å². The van der Waals surface area contributed by atoms with Crippen LogP contribution in [0.5, 0.6) is 5.75 Å². The number of hydrogen-bond donors (Lipinski definition) is 0. The summed E-state index contributed by atoms with van der Waals surface area (Å²) >= 11 is 0. The number of ether oxygens (including phenoxy) is 1. The SMILES string of the molecule is COc1ccc(N2CCN(CCCCCn3nnc(-c4ccccc4)n3)CC2)cc1. The lowest BCUT2D eigenvalue weighted by Crippen LogP contribution is -2.46. The van der Waals surface area contributed by atoms with Crippen LogP contribution in [0.15, 0.2) is 54.6 Å². The van der Waals surface area contributed by atoms with Gasteiger partial charge in [-0.1, -0.05) is 36.8 Å². The second kappa shape index (κ2) is 10.2. The van der Waals surface area contributed by atoms with Crippen LogP contribution in [0.4, 0.5) is 5.69 Å². The molecule has 1 aromatic heterocycles. The predicted molar refractivity (Wildman–Crippen MR) is 119 cm³/mol. The van der Waals surface area contributed by atoms with E-state index in [1.165, 1.54) is 18.5 Å². The second-order valence-electron chi connectivity index (χ2n) is 7.66. The van der Waals surface area contributed by atoms with Crippen molar-refractivity contribution < 1.29 is 4.74 Å². The number of unbranched alkanes of at least 4 members (excludes halogenated alkanes) is 2. The summed E-state index contributed by atoms with van der Waals surface area (Å²) in [4.78, 5) is 6.74. The van der Waals surface area contributed by atoms with Gasteiger partial charge in [0.05, 0.1) is 13.7 Å². The highest BCUT2D eigenvalue weighted by atomic mass is 16.5. The molecular formula is C23H30N6O. The molecule has 1 saturated heterocycles. The largest absolute Gasteiger partial charge is 0.497 e. The van der Waals surface area contributed by atoms with Crippen molar-refractivity contribution in [2.24, 2.45) is 0 Å². The Labute approximate surface area is 178 Å². The summed E-state index contributed by atoms with van der Waals surface area (Å²) in [6.07, 6.45) is 3.47. The first kappa shape index (κ1) is 20.3. The number of rotatable bonds is 9. The van der Waals surface area contributed by atoms with Gasteiger partial charge in [0.1, 0.15) is 5.75 Å². The molecule has 0 unspecified atom stereocenters. The highest BCUT2D eigenvalue weighted by Crippen LogP contribution is 2.20. The second-order valence-corrected chi connectivity index (χ2v) is 7.66. The lowest BCUT2D eigenvalue weighted by Gasteiger charge is -2.36. The Morgan fingerprint density at radius 1 is 0.833 bits per heavy atom. The topological polar surface area (TPSA) is 59.3 Å². The summed E-state index contributed by atoms with van der Waals surface area (Å²) in [5.74, 6) is 1.61. The number of tetrazole rings is 1. The van der Waals surface area contributed by atoms with Gasteiger partial charge in [-0.25, -0.2) is 0 Å². The molecule has 4 rings (SSSR count). The first-order chi connectivity index (χ1) is 14.8. The number of nitrogens with zero attached hydrogens (tertiary/aromatic N) is 6. The molecule has 30 heavy (non-hydrogen) atoms. The fourth-order valence-electron chi connectivity index (χ4n) is 3.83. The number of aryl methyl sites for hydroxylation is 1. The summed E-state index contributed by atoms with van der Waals surface area (Å²) in [5, 5.41) is 12.8. The van der Waals surface area contributed by atoms with Crippen molar-refractivity contribution >= 4 is 5.69 Å². The van der Waals surface area contributed by atoms with Gasteiger partial charge < -0.3 is 9.64 Å². The molecule has 0 spiro atoms. The van der Waals surface area contributed by atoms with Crippen LogP contribution in [-0.4, -0.2) is 64.9 Å². The molecule has 2 heterocycles. The zero-order valence-corrected chi connectivity index (χ0v) is 17.7. The minimum absolute atomic E-state index is 0.699. The van der Waals surface area contributed by atoms with Crippen LogP contribution in [0, 0.1) is 0 Å². The van der Waals surface area contributed by atoms with E-state index in [1.807, 2.05) is 42.5 Å². The molecule has 0 bridgehead atoms. The van der Waals surface area contributed by atoms with Crippen LogP contribution in [0.3, 0.4) is 0 Å². The molecule has 1 fully saturated rings. The number of aromatic nitrogens is 4. The molecule has 3 aromatic rings. The maximum absolute atomic E-state index is 5.25. The van der Waals surface area contributed by atoms with Crippen LogP contribution in [0.25, 0.3) is 11.4 Å². The Morgan fingerprint density at radius 3 is 2.30 bits per heavy atom. The molecule has 0 radical (unpaired) electrons. The number of piperazine rings is 1. The third kappa shape index (κ3) is 5.36. The highest BCUT2D eigenvalue weighted by Gasteiger charge is 2.16. The van der Waals surface area contributed by atoms with Gasteiger partial charge in [0.2, 0.25) is 5.82 Å². The summed E-state index contributed by atoms with van der Waals surface area (Å²) in [5.41, 5.74) is 2.29. The van der Waals surface area contributed by atoms with Gasteiger partial charge in [0.15, 0.2) is 0 Å². The molecule has 7 heteroatoms. The van der Waals surface area contributed by atoms with Gasteiger partial charge in [0.25, 0.3) is 0 Å². The molecule has 0 amide bonds. The number of anilines is 1. The molecule has 0 N–H and O–H groups in total. The maximum atomic E-state index is 5.25. The molecule has 1 aliphatic heterocycles. The maximum Gasteiger partial charge on any atom is 0.204 e. The Bertz CT molecular complexity index is 888. The van der Waals surface area contributed by atoms with E-state index in [9.17, 15) is 0 Å². The molecule has 1 aliphatic rings. The van der Waals surface area contributed by atoms with Crippen LogP contribution in [0.2, 0.25) is 0 Å². The number of methoxy groups -OCH3 is 1. The van der Waals surface area contributed by atoms with Gasteiger partial charge in [-0.3, -0.25) is 4.90 Å². The minimum atomic E-state index is 0.699. The Hall–Kier alpha value is -2.93. The molecule has 158 valence electrons. The van der Waals surface area contributed by atoms with E-state index in [0.717, 1.165) is 57.0 Å². The number of benzene rings is 2. The summed E-state index contributed by atoms with van der Waals surface area (Å²) in [6.45, 7) is 6.39. The van der Waals surface area contributed by atoms with Gasteiger partial charge in [-0.2, -0.15) is 4.80 Å². The van der Waals surface area contributed by atoms with Crippen LogP contribution < -0.4 is 9.64 Å². The fourth-order valence-corrected chi connectivity index (χ4v) is 3.83. The molecule has 0 atom stereocenters. The monoisotopic (exact) mass is 406 g/mol. The fraction of sp³-hybridized carbons (Fsp3) is 0.435. The van der Waals surface area contributed by atoms with E-state index in [0.29, 0.717) is 5.82 Å². The van der Waals surface area contributed by atoms with Gasteiger partial charge >= 0.3 is 0 Å². The van der Waals surface area contributed by atoms with Crippen molar-refractivity contribution in [2.75, 3.05) is 44.7 Å². The van der Waals surface area contributed by atoms with Crippen molar-refractivity contribution in [2.45, 2.75) is 25.8 Å². The third-order valence-electron chi connectivity index (χ3n) is 5.63. The van der Waals surface area contributed by atoms with E-state index in [-0.39, 0.29) is 0 Å². The predicted octanol–water partition coefficient (Wildman–Crippen LogP) is 3.34. The molecule has 0 aliphatic carbocycles. The summed E-state index contributed by atoms with van der Waals surface area (Å²) in [7, 11) is 1.71. The Balaban J connectivity index is 1.12. The lowest BCUT2D eigenvalue weighted by molar-refractivity contribution is 0.251. The van der Waals surface area contributed by atoms with Crippen LogP contribution in [-0.2, 0) is 6.54 Å². The standard InChI is InChI=1S/C23H30N6O/c1-30-22-12-10-21(11-13-22)28-18-16-27(17-19-28)14-6-3-7-15-29-25-23(24-26-29)20-8-4-2-5-9-20/h2,4-5,8-13H,3,6-7,14-19H2,1H3. The Kier molecular flexibility index (Phi) is 6.92. The average Bonchev–Trinajstić information content (AvgIpc) is 3.29. The first-order valence-corrected chi connectivity index (χ1v) is 10.8. The van der Waals surface area contributed by atoms with E-state index in [2.05, 4.69) is 37.3 Å². The third-order valence-corrected chi connectivity index (χ3v) is 5.63. The quantitative estimate of drug-likeness (QED) is 0.508. The smallest absolute Gasteiger partial charge is 0.204 e. The molecular weight excluding hydrogens is 376 g/mol. The van der Waals surface area contributed by atoms with E-state index < -0.39 is 0 Å². The zero-order chi connectivity index (χ0) is 20.6. The van der Waals surface area contributed by atoms with Crippen molar-refractivity contribution in [3.05, 3.63) is 54.6 Å². The highest BCUT2D eigenvalue weighted by molar-refractivity contribution is 5.53. The van der Waals surface area contributed by atoms with Crippen molar-refractivity contribution in [3.63, 3.8) is 0 Å². The van der Waals surface area contributed by atoms with Crippen molar-refractivity contribution in [3.8, 4) is 17.1 Å². The van der Waals surface area contributed by atoms with Gasteiger partial charge in [-0.15, -0.1) is 10.2 Å². The van der Waals surface area contributed by atoms with Crippen LogP contribution >= 0.6 is 0 Å². The summed E-state index contributed by atoms with van der Waals surface area (Å²) in [6, 6.07) is 18.4. The molecule has 7 nitrogen and oxygen atoms in total. The van der Waals surface area contributed by atoms with E-state index in [1.54, 1.807) is 11.9 Å². The van der Waals surface area contributed by atoms with Crippen LogP contribution in [0.1, 0.15) is 19.3 Å². The minimum Gasteiger partial charge on any atom is -0.497 e. The Morgan fingerprint density at radius 2 is 1.57 bits per heavy atom.